The van der Waals surface area contributed by atoms with Crippen LogP contribution in [0.3, 0.4) is 0 Å². The van der Waals surface area contributed by atoms with Gasteiger partial charge in [-0.25, -0.2) is 0 Å². The smallest absolute Gasteiger partial charge is 0.0476 e. The maximum Gasteiger partial charge on any atom is 0.0476 e. The number of hydrogen-bond acceptors (Lipinski definition) is 3. The van der Waals surface area contributed by atoms with Crippen molar-refractivity contribution in [2.75, 3.05) is 20.3 Å². The van der Waals surface area contributed by atoms with Crippen molar-refractivity contribution in [3.8, 4) is 0 Å². The minimum Gasteiger partial charge on any atom is -0.396 e. The van der Waals surface area contributed by atoms with Gasteiger partial charge in [0.25, 0.3) is 0 Å². The lowest BCUT2D eigenvalue weighted by atomic mass is 10.0. The lowest BCUT2D eigenvalue weighted by molar-refractivity contribution is 0.171. The van der Waals surface area contributed by atoms with Crippen LogP contribution >= 0.6 is 0 Å². The summed E-state index contributed by atoms with van der Waals surface area (Å²) in [5.74, 6) is 0.472. The lowest BCUT2D eigenvalue weighted by Gasteiger charge is -2.23. The molecule has 0 amide bonds. The Morgan fingerprint density at radius 1 is 1.50 bits per heavy atom. The lowest BCUT2D eigenvalue weighted by Crippen LogP contribution is -2.40. The number of methoxy groups -OCH3 is 1. The molecule has 84 valence electrons. The summed E-state index contributed by atoms with van der Waals surface area (Å²) in [6, 6.07) is 1.01. The molecule has 0 saturated heterocycles. The number of ether oxygens (including phenoxy) is 1. The van der Waals surface area contributed by atoms with Gasteiger partial charge in [0.05, 0.1) is 0 Å². The molecule has 1 saturated carbocycles. The summed E-state index contributed by atoms with van der Waals surface area (Å²) in [6.07, 6.45) is 4.68. The molecule has 1 rings (SSSR count). The molecule has 1 aliphatic rings. The Hall–Kier alpha value is -0.120. The molecular formula is C11H23NO2. The predicted octanol–water partition coefficient (Wildman–Crippen LogP) is 1.16. The molecule has 1 fully saturated rings. The standard InChI is InChI=1S/C11H23NO2/c1-9(6-7-14-2)12-11-5-3-4-10(11)8-13/h9-13H,3-8H2,1-2H3. The van der Waals surface area contributed by atoms with Crippen LogP contribution in [0.15, 0.2) is 0 Å². The van der Waals surface area contributed by atoms with Crippen molar-refractivity contribution in [3.05, 3.63) is 0 Å². The molecule has 0 aromatic rings. The van der Waals surface area contributed by atoms with Crippen molar-refractivity contribution in [1.82, 2.24) is 5.32 Å². The van der Waals surface area contributed by atoms with E-state index in [0.717, 1.165) is 13.0 Å². The summed E-state index contributed by atoms with van der Waals surface area (Å²) in [7, 11) is 1.73. The van der Waals surface area contributed by atoms with Crippen molar-refractivity contribution in [2.24, 2.45) is 5.92 Å². The number of aliphatic hydroxyl groups is 1. The van der Waals surface area contributed by atoms with Crippen LogP contribution in [0.4, 0.5) is 0 Å². The van der Waals surface area contributed by atoms with E-state index < -0.39 is 0 Å². The fourth-order valence-electron chi connectivity index (χ4n) is 2.22. The summed E-state index contributed by atoms with van der Waals surface area (Å²) < 4.78 is 5.04. The molecule has 0 radical (unpaired) electrons. The van der Waals surface area contributed by atoms with Gasteiger partial charge in [-0.2, -0.15) is 0 Å². The molecule has 3 nitrogen and oxygen atoms in total. The van der Waals surface area contributed by atoms with Crippen LogP contribution in [0.5, 0.6) is 0 Å². The minimum absolute atomic E-state index is 0.328. The zero-order chi connectivity index (χ0) is 10.4. The zero-order valence-electron chi connectivity index (χ0n) is 9.33. The van der Waals surface area contributed by atoms with Crippen LogP contribution in [0, 0.1) is 5.92 Å². The SMILES string of the molecule is COCCC(C)NC1CCCC1CO. The van der Waals surface area contributed by atoms with Gasteiger partial charge in [0.15, 0.2) is 0 Å². The van der Waals surface area contributed by atoms with Gasteiger partial charge in [0.2, 0.25) is 0 Å². The molecule has 14 heavy (non-hydrogen) atoms. The molecular weight excluding hydrogens is 178 g/mol. The van der Waals surface area contributed by atoms with Crippen molar-refractivity contribution in [1.29, 1.82) is 0 Å². The van der Waals surface area contributed by atoms with Gasteiger partial charge in [0, 0.05) is 32.4 Å². The Labute approximate surface area is 86.8 Å². The van der Waals surface area contributed by atoms with E-state index in [4.69, 9.17) is 9.84 Å². The Morgan fingerprint density at radius 3 is 2.93 bits per heavy atom. The first-order valence-electron chi connectivity index (χ1n) is 5.63. The number of aliphatic hydroxyl groups excluding tert-OH is 1. The molecule has 3 atom stereocenters. The second kappa shape index (κ2) is 6.38. The Bertz CT molecular complexity index is 152. The Morgan fingerprint density at radius 2 is 2.29 bits per heavy atom. The summed E-state index contributed by atoms with van der Waals surface area (Å²) in [4.78, 5) is 0. The minimum atomic E-state index is 0.328. The van der Waals surface area contributed by atoms with Crippen LogP contribution < -0.4 is 5.32 Å². The molecule has 3 unspecified atom stereocenters. The fraction of sp³-hybridized carbons (Fsp3) is 1.00. The maximum absolute atomic E-state index is 9.16. The highest BCUT2D eigenvalue weighted by Crippen LogP contribution is 2.25. The monoisotopic (exact) mass is 201 g/mol. The van der Waals surface area contributed by atoms with E-state index in [-0.39, 0.29) is 0 Å². The molecule has 0 aromatic heterocycles. The third-order valence-corrected chi connectivity index (χ3v) is 3.15. The van der Waals surface area contributed by atoms with E-state index in [1.54, 1.807) is 7.11 Å². The van der Waals surface area contributed by atoms with Gasteiger partial charge in [-0.1, -0.05) is 6.42 Å². The third-order valence-electron chi connectivity index (χ3n) is 3.15. The van der Waals surface area contributed by atoms with Gasteiger partial charge < -0.3 is 15.2 Å². The van der Waals surface area contributed by atoms with Crippen LogP contribution in [-0.4, -0.2) is 37.5 Å². The van der Waals surface area contributed by atoms with Crippen molar-refractivity contribution >= 4 is 0 Å². The van der Waals surface area contributed by atoms with Gasteiger partial charge in [-0.3, -0.25) is 0 Å². The highest BCUT2D eigenvalue weighted by atomic mass is 16.5. The van der Waals surface area contributed by atoms with E-state index in [9.17, 15) is 0 Å². The van der Waals surface area contributed by atoms with Crippen LogP contribution in [0.1, 0.15) is 32.6 Å². The molecule has 0 aliphatic heterocycles. The van der Waals surface area contributed by atoms with Gasteiger partial charge in [-0.15, -0.1) is 0 Å². The van der Waals surface area contributed by atoms with Gasteiger partial charge in [-0.05, 0) is 32.1 Å². The van der Waals surface area contributed by atoms with E-state index in [0.29, 0.717) is 24.6 Å². The normalized spacial score (nSPS) is 29.4. The van der Waals surface area contributed by atoms with E-state index in [1.165, 1.54) is 19.3 Å². The number of rotatable bonds is 6. The second-order valence-electron chi connectivity index (χ2n) is 4.33. The van der Waals surface area contributed by atoms with Crippen LogP contribution in [-0.2, 0) is 4.74 Å². The van der Waals surface area contributed by atoms with Crippen molar-refractivity contribution in [2.45, 2.75) is 44.7 Å². The molecule has 0 spiro atoms. The quantitative estimate of drug-likeness (QED) is 0.677. The van der Waals surface area contributed by atoms with Crippen molar-refractivity contribution in [3.63, 3.8) is 0 Å². The topological polar surface area (TPSA) is 41.5 Å². The van der Waals surface area contributed by atoms with E-state index in [1.807, 2.05) is 0 Å². The Kier molecular flexibility index (Phi) is 5.45. The van der Waals surface area contributed by atoms with E-state index in [2.05, 4.69) is 12.2 Å². The largest absolute Gasteiger partial charge is 0.396 e. The summed E-state index contributed by atoms with van der Waals surface area (Å²) in [6.45, 7) is 3.32. The van der Waals surface area contributed by atoms with Gasteiger partial charge >= 0.3 is 0 Å². The summed E-state index contributed by atoms with van der Waals surface area (Å²) in [5, 5.41) is 12.7. The van der Waals surface area contributed by atoms with Gasteiger partial charge in [0.1, 0.15) is 0 Å². The zero-order valence-corrected chi connectivity index (χ0v) is 9.33. The number of hydrogen-bond donors (Lipinski definition) is 2. The van der Waals surface area contributed by atoms with Crippen molar-refractivity contribution < 1.29 is 9.84 Å². The molecule has 0 aromatic carbocycles. The highest BCUT2D eigenvalue weighted by molar-refractivity contribution is 4.84. The molecule has 1 aliphatic carbocycles. The number of nitrogens with one attached hydrogen (secondary N) is 1. The average molecular weight is 201 g/mol. The maximum atomic E-state index is 9.16. The van der Waals surface area contributed by atoms with E-state index >= 15 is 0 Å². The summed E-state index contributed by atoms with van der Waals surface area (Å²) >= 11 is 0. The first-order valence-corrected chi connectivity index (χ1v) is 5.63. The second-order valence-corrected chi connectivity index (χ2v) is 4.33. The molecule has 2 N–H and O–H groups in total. The average Bonchev–Trinajstić information content (AvgIpc) is 2.62. The third kappa shape index (κ3) is 3.56. The molecule has 0 heterocycles. The fourth-order valence-corrected chi connectivity index (χ4v) is 2.22. The predicted molar refractivity (Wildman–Crippen MR) is 57.3 cm³/mol. The van der Waals surface area contributed by atoms with Crippen LogP contribution in [0.2, 0.25) is 0 Å². The first kappa shape index (κ1) is 12.0. The van der Waals surface area contributed by atoms with Crippen LogP contribution in [0.25, 0.3) is 0 Å². The highest BCUT2D eigenvalue weighted by Gasteiger charge is 2.27. The Balaban J connectivity index is 2.21. The summed E-state index contributed by atoms with van der Waals surface area (Å²) in [5.41, 5.74) is 0. The molecule has 0 bridgehead atoms. The first-order chi connectivity index (χ1) is 6.77. The molecule has 3 heteroatoms.